The summed E-state index contributed by atoms with van der Waals surface area (Å²) in [6, 6.07) is 0. The van der Waals surface area contributed by atoms with Gasteiger partial charge in [-0.1, -0.05) is 13.8 Å². The maximum Gasteiger partial charge on any atom is 0.271 e. The van der Waals surface area contributed by atoms with E-state index in [4.69, 9.17) is 4.74 Å². The fourth-order valence-corrected chi connectivity index (χ4v) is 4.18. The molecule has 4 heterocycles. The molecule has 3 saturated heterocycles. The molecule has 8 nitrogen and oxygen atoms in total. The van der Waals surface area contributed by atoms with Crippen molar-refractivity contribution < 1.29 is 19.1 Å². The lowest BCUT2D eigenvalue weighted by Gasteiger charge is -2.18. The SMILES string of the molecule is CC(C)CNC(=O)c1c(N2C(=O)C3C4CCC(O4)C3C2=O)cnn1C. The van der Waals surface area contributed by atoms with E-state index in [1.165, 1.54) is 10.9 Å². The summed E-state index contributed by atoms with van der Waals surface area (Å²) in [4.78, 5) is 39.5. The molecule has 4 unspecified atom stereocenters. The van der Waals surface area contributed by atoms with Crippen molar-refractivity contribution in [3.63, 3.8) is 0 Å². The molecule has 1 aromatic heterocycles. The Labute approximate surface area is 145 Å². The second kappa shape index (κ2) is 5.66. The number of fused-ring (bicyclic) bond motifs is 5. The first-order chi connectivity index (χ1) is 11.9. The van der Waals surface area contributed by atoms with Gasteiger partial charge in [0.05, 0.1) is 30.2 Å². The quantitative estimate of drug-likeness (QED) is 0.800. The Morgan fingerprint density at radius 2 is 1.88 bits per heavy atom. The summed E-state index contributed by atoms with van der Waals surface area (Å²) < 4.78 is 7.15. The first-order valence-electron chi connectivity index (χ1n) is 8.73. The lowest BCUT2D eigenvalue weighted by atomic mass is 9.81. The van der Waals surface area contributed by atoms with E-state index in [9.17, 15) is 14.4 Å². The summed E-state index contributed by atoms with van der Waals surface area (Å²) in [6.45, 7) is 4.50. The molecule has 4 atom stereocenters. The molecule has 3 aliphatic rings. The summed E-state index contributed by atoms with van der Waals surface area (Å²) in [5, 5.41) is 6.93. The van der Waals surface area contributed by atoms with E-state index in [1.54, 1.807) is 7.05 Å². The summed E-state index contributed by atoms with van der Waals surface area (Å²) in [7, 11) is 1.63. The van der Waals surface area contributed by atoms with Crippen LogP contribution in [0, 0.1) is 17.8 Å². The van der Waals surface area contributed by atoms with Gasteiger partial charge in [0.1, 0.15) is 11.4 Å². The van der Waals surface area contributed by atoms with E-state index >= 15 is 0 Å². The summed E-state index contributed by atoms with van der Waals surface area (Å²) in [5.74, 6) is -1.42. The molecule has 4 rings (SSSR count). The zero-order valence-electron chi connectivity index (χ0n) is 14.6. The van der Waals surface area contributed by atoms with Gasteiger partial charge in [-0.3, -0.25) is 19.1 Å². The number of hydrogen-bond donors (Lipinski definition) is 1. The molecule has 0 radical (unpaired) electrons. The number of nitrogens with one attached hydrogen (secondary N) is 1. The van der Waals surface area contributed by atoms with Gasteiger partial charge in [0, 0.05) is 13.6 Å². The molecule has 1 N–H and O–H groups in total. The van der Waals surface area contributed by atoms with Crippen LogP contribution in [0.3, 0.4) is 0 Å². The van der Waals surface area contributed by atoms with Gasteiger partial charge in [0.25, 0.3) is 5.91 Å². The van der Waals surface area contributed by atoms with Crippen molar-refractivity contribution in [2.45, 2.75) is 38.9 Å². The van der Waals surface area contributed by atoms with Gasteiger partial charge in [-0.2, -0.15) is 5.10 Å². The number of hydrogen-bond acceptors (Lipinski definition) is 5. The van der Waals surface area contributed by atoms with Gasteiger partial charge in [-0.05, 0) is 18.8 Å². The lowest BCUT2D eigenvalue weighted by Crippen LogP contribution is -2.37. The van der Waals surface area contributed by atoms with Crippen molar-refractivity contribution in [1.82, 2.24) is 15.1 Å². The number of aromatic nitrogens is 2. The number of carbonyl (C=O) groups excluding carboxylic acids is 3. The standard InChI is InChI=1S/C17H22N4O4/c1-8(2)6-18-15(22)14-9(7-19-20(14)3)21-16(23)12-10-4-5-11(25-10)13(12)17(21)24/h7-8,10-13H,4-6H2,1-3H3,(H,18,22). The fraction of sp³-hybridized carbons (Fsp3) is 0.647. The Bertz CT molecular complexity index is 728. The zero-order chi connectivity index (χ0) is 17.9. The molecule has 0 saturated carbocycles. The maximum atomic E-state index is 12.9. The molecule has 134 valence electrons. The molecule has 25 heavy (non-hydrogen) atoms. The molecule has 0 aliphatic carbocycles. The molecule has 8 heteroatoms. The third kappa shape index (κ3) is 2.31. The Kier molecular flexibility index (Phi) is 3.68. The highest BCUT2D eigenvalue weighted by molar-refractivity contribution is 6.24. The third-order valence-corrected chi connectivity index (χ3v) is 5.33. The Morgan fingerprint density at radius 1 is 1.28 bits per heavy atom. The van der Waals surface area contributed by atoms with Gasteiger partial charge < -0.3 is 10.1 Å². The summed E-state index contributed by atoms with van der Waals surface area (Å²) in [6.07, 6.45) is 2.70. The number of anilines is 1. The maximum absolute atomic E-state index is 12.9. The number of ether oxygens (including phenoxy) is 1. The average molecular weight is 346 g/mol. The molecule has 0 spiro atoms. The van der Waals surface area contributed by atoms with Crippen LogP contribution in [0.4, 0.5) is 5.69 Å². The van der Waals surface area contributed by atoms with Crippen LogP contribution >= 0.6 is 0 Å². The van der Waals surface area contributed by atoms with Gasteiger partial charge in [-0.15, -0.1) is 0 Å². The van der Waals surface area contributed by atoms with E-state index in [0.717, 1.165) is 17.7 Å². The number of imide groups is 1. The minimum atomic E-state index is -0.418. The predicted molar refractivity (Wildman–Crippen MR) is 87.7 cm³/mol. The monoisotopic (exact) mass is 346 g/mol. The third-order valence-electron chi connectivity index (χ3n) is 5.33. The molecule has 1 aromatic rings. The number of aryl methyl sites for hydroxylation is 1. The van der Waals surface area contributed by atoms with Crippen LogP contribution in [0.15, 0.2) is 6.20 Å². The van der Waals surface area contributed by atoms with Crippen LogP contribution in [-0.4, -0.2) is 46.3 Å². The zero-order valence-corrected chi connectivity index (χ0v) is 14.6. The van der Waals surface area contributed by atoms with E-state index < -0.39 is 11.8 Å². The minimum Gasteiger partial charge on any atom is -0.373 e. The minimum absolute atomic E-state index is 0.175. The molecular formula is C17H22N4O4. The van der Waals surface area contributed by atoms with Crippen molar-refractivity contribution in [1.29, 1.82) is 0 Å². The van der Waals surface area contributed by atoms with Gasteiger partial charge in [-0.25, -0.2) is 4.90 Å². The summed E-state index contributed by atoms with van der Waals surface area (Å²) >= 11 is 0. The molecule has 3 fully saturated rings. The Balaban J connectivity index is 1.66. The van der Waals surface area contributed by atoms with Crippen LogP contribution in [0.2, 0.25) is 0 Å². The lowest BCUT2D eigenvalue weighted by molar-refractivity contribution is -0.124. The first-order valence-corrected chi connectivity index (χ1v) is 8.73. The smallest absolute Gasteiger partial charge is 0.271 e. The first kappa shape index (κ1) is 16.3. The normalized spacial score (nSPS) is 30.5. The van der Waals surface area contributed by atoms with Crippen molar-refractivity contribution in [3.05, 3.63) is 11.9 Å². The predicted octanol–water partition coefficient (Wildman–Crippen LogP) is 0.473. The van der Waals surface area contributed by atoms with Crippen LogP contribution in [0.5, 0.6) is 0 Å². The van der Waals surface area contributed by atoms with Crippen molar-refractivity contribution >= 4 is 23.4 Å². The number of carbonyl (C=O) groups is 3. The van der Waals surface area contributed by atoms with Crippen LogP contribution in [0.25, 0.3) is 0 Å². The topological polar surface area (TPSA) is 93.5 Å². The molecular weight excluding hydrogens is 324 g/mol. The van der Waals surface area contributed by atoms with E-state index in [1.807, 2.05) is 13.8 Å². The summed E-state index contributed by atoms with van der Waals surface area (Å²) in [5.41, 5.74) is 0.503. The van der Waals surface area contributed by atoms with Gasteiger partial charge >= 0.3 is 0 Å². The molecule has 3 aliphatic heterocycles. The van der Waals surface area contributed by atoms with Crippen molar-refractivity contribution in [2.24, 2.45) is 24.8 Å². The number of nitrogens with zero attached hydrogens (tertiary/aromatic N) is 3. The largest absolute Gasteiger partial charge is 0.373 e. The van der Waals surface area contributed by atoms with E-state index in [-0.39, 0.29) is 41.3 Å². The number of amides is 3. The highest BCUT2D eigenvalue weighted by Gasteiger charge is 2.63. The molecule has 0 aromatic carbocycles. The second-order valence-corrected chi connectivity index (χ2v) is 7.46. The van der Waals surface area contributed by atoms with Gasteiger partial charge in [0.15, 0.2) is 0 Å². The molecule has 3 amide bonds. The van der Waals surface area contributed by atoms with E-state index in [0.29, 0.717) is 12.5 Å². The van der Waals surface area contributed by atoms with Crippen LogP contribution in [0.1, 0.15) is 37.2 Å². The van der Waals surface area contributed by atoms with Crippen LogP contribution < -0.4 is 10.2 Å². The average Bonchev–Trinajstić information content (AvgIpc) is 3.30. The number of rotatable bonds is 4. The fourth-order valence-electron chi connectivity index (χ4n) is 4.18. The van der Waals surface area contributed by atoms with Gasteiger partial charge in [0.2, 0.25) is 11.8 Å². The van der Waals surface area contributed by atoms with E-state index in [2.05, 4.69) is 10.4 Å². The Morgan fingerprint density at radius 3 is 2.44 bits per heavy atom. The Hall–Kier alpha value is -2.22. The molecule has 2 bridgehead atoms. The van der Waals surface area contributed by atoms with Crippen molar-refractivity contribution in [2.75, 3.05) is 11.4 Å². The second-order valence-electron chi connectivity index (χ2n) is 7.46. The van der Waals surface area contributed by atoms with Crippen molar-refractivity contribution in [3.8, 4) is 0 Å². The highest BCUT2D eigenvalue weighted by atomic mass is 16.5. The van der Waals surface area contributed by atoms with Crippen LogP contribution in [-0.2, 0) is 21.4 Å². The highest BCUT2D eigenvalue weighted by Crippen LogP contribution is 2.49.